The van der Waals surface area contributed by atoms with Crippen LogP contribution in [0.5, 0.6) is 0 Å². The Bertz CT molecular complexity index is 233. The van der Waals surface area contributed by atoms with E-state index in [1.807, 2.05) is 6.92 Å². The average molecular weight is 219 g/mol. The zero-order valence-corrected chi connectivity index (χ0v) is 9.01. The molecular formula is C9H15ClN2O2. The first kappa shape index (κ1) is 11.3. The lowest BCUT2D eigenvalue weighted by Gasteiger charge is -2.20. The van der Waals surface area contributed by atoms with E-state index in [1.54, 1.807) is 4.90 Å². The van der Waals surface area contributed by atoms with Crippen molar-refractivity contribution >= 4 is 23.5 Å². The SMILES string of the molecule is CC1CCCN1C(=O)NC(=O)CCCl. The minimum absolute atomic E-state index is 0.190. The van der Waals surface area contributed by atoms with Gasteiger partial charge in [0.05, 0.1) is 0 Å². The van der Waals surface area contributed by atoms with Gasteiger partial charge in [-0.15, -0.1) is 11.6 Å². The summed E-state index contributed by atoms with van der Waals surface area (Å²) in [5, 5.41) is 2.32. The second-order valence-corrected chi connectivity index (χ2v) is 3.85. The van der Waals surface area contributed by atoms with Gasteiger partial charge in [0.25, 0.3) is 0 Å². The summed E-state index contributed by atoms with van der Waals surface area (Å²) in [6.45, 7) is 2.72. The van der Waals surface area contributed by atoms with E-state index in [2.05, 4.69) is 5.32 Å². The van der Waals surface area contributed by atoms with Crippen LogP contribution in [-0.4, -0.2) is 35.3 Å². The molecule has 0 saturated carbocycles. The highest BCUT2D eigenvalue weighted by atomic mass is 35.5. The zero-order valence-electron chi connectivity index (χ0n) is 8.25. The van der Waals surface area contributed by atoms with E-state index in [0.29, 0.717) is 0 Å². The molecule has 0 aromatic heterocycles. The number of hydrogen-bond donors (Lipinski definition) is 1. The molecule has 3 amide bonds. The zero-order chi connectivity index (χ0) is 10.6. The third-order valence-electron chi connectivity index (χ3n) is 2.38. The molecule has 0 aliphatic carbocycles. The molecule has 0 aromatic carbocycles. The molecule has 4 nitrogen and oxygen atoms in total. The second-order valence-electron chi connectivity index (χ2n) is 3.48. The number of amides is 3. The van der Waals surface area contributed by atoms with Crippen LogP contribution in [-0.2, 0) is 4.79 Å². The summed E-state index contributed by atoms with van der Waals surface area (Å²) in [5.74, 6) is -0.0571. The van der Waals surface area contributed by atoms with E-state index in [4.69, 9.17) is 11.6 Å². The van der Waals surface area contributed by atoms with Gasteiger partial charge in [0.2, 0.25) is 5.91 Å². The van der Waals surface area contributed by atoms with Crippen molar-refractivity contribution in [2.75, 3.05) is 12.4 Å². The maximum atomic E-state index is 11.5. The number of imide groups is 1. The molecule has 1 aliphatic rings. The Hall–Kier alpha value is -0.770. The summed E-state index contributed by atoms with van der Waals surface area (Å²) >= 11 is 5.38. The molecule has 1 rings (SSSR count). The van der Waals surface area contributed by atoms with Crippen LogP contribution in [0.3, 0.4) is 0 Å². The largest absolute Gasteiger partial charge is 0.324 e. The number of halogens is 1. The number of urea groups is 1. The molecule has 5 heteroatoms. The Morgan fingerprint density at radius 2 is 2.29 bits per heavy atom. The third-order valence-corrected chi connectivity index (χ3v) is 2.57. The van der Waals surface area contributed by atoms with Crippen LogP contribution in [0.1, 0.15) is 26.2 Å². The lowest BCUT2D eigenvalue weighted by molar-refractivity contribution is -0.119. The highest BCUT2D eigenvalue weighted by Gasteiger charge is 2.25. The number of carbonyl (C=O) groups excluding carboxylic acids is 2. The number of carbonyl (C=O) groups is 2. The molecule has 80 valence electrons. The summed E-state index contributed by atoms with van der Waals surface area (Å²) < 4.78 is 0. The molecule has 0 aromatic rings. The van der Waals surface area contributed by atoms with Crippen molar-refractivity contribution in [2.24, 2.45) is 0 Å². The van der Waals surface area contributed by atoms with E-state index < -0.39 is 0 Å². The van der Waals surface area contributed by atoms with Gasteiger partial charge in [-0.2, -0.15) is 0 Å². The molecule has 1 N–H and O–H groups in total. The van der Waals surface area contributed by atoms with E-state index >= 15 is 0 Å². The maximum Gasteiger partial charge on any atom is 0.324 e. The van der Waals surface area contributed by atoms with Gasteiger partial charge in [-0.1, -0.05) is 0 Å². The van der Waals surface area contributed by atoms with Crippen molar-refractivity contribution in [1.29, 1.82) is 0 Å². The van der Waals surface area contributed by atoms with Crippen LogP contribution >= 0.6 is 11.6 Å². The Balaban J connectivity index is 2.37. The highest BCUT2D eigenvalue weighted by Crippen LogP contribution is 2.15. The molecule has 0 spiro atoms. The minimum Gasteiger partial charge on any atom is -0.322 e. The summed E-state index contributed by atoms with van der Waals surface area (Å²) in [6.07, 6.45) is 2.21. The topological polar surface area (TPSA) is 49.4 Å². The number of alkyl halides is 1. The van der Waals surface area contributed by atoms with Crippen molar-refractivity contribution in [3.63, 3.8) is 0 Å². The fraction of sp³-hybridized carbons (Fsp3) is 0.778. The summed E-state index contributed by atoms with van der Waals surface area (Å²) in [4.78, 5) is 24.3. The predicted molar refractivity (Wildman–Crippen MR) is 54.3 cm³/mol. The lowest BCUT2D eigenvalue weighted by Crippen LogP contribution is -2.44. The van der Waals surface area contributed by atoms with Gasteiger partial charge >= 0.3 is 6.03 Å². The van der Waals surface area contributed by atoms with E-state index in [0.717, 1.165) is 19.4 Å². The number of nitrogens with one attached hydrogen (secondary N) is 1. The Labute approximate surface area is 88.6 Å². The Morgan fingerprint density at radius 1 is 1.57 bits per heavy atom. The average Bonchev–Trinajstić information content (AvgIpc) is 2.51. The highest BCUT2D eigenvalue weighted by molar-refractivity contribution is 6.19. The minimum atomic E-state index is -0.302. The molecule has 1 unspecified atom stereocenters. The van der Waals surface area contributed by atoms with Crippen molar-refractivity contribution < 1.29 is 9.59 Å². The molecule has 1 fully saturated rings. The maximum absolute atomic E-state index is 11.5. The first-order valence-corrected chi connectivity index (χ1v) is 5.35. The van der Waals surface area contributed by atoms with Crippen molar-refractivity contribution in [3.8, 4) is 0 Å². The van der Waals surface area contributed by atoms with Gasteiger partial charge in [0.15, 0.2) is 0 Å². The van der Waals surface area contributed by atoms with Gasteiger partial charge in [-0.3, -0.25) is 10.1 Å². The molecule has 0 bridgehead atoms. The van der Waals surface area contributed by atoms with Gasteiger partial charge in [-0.05, 0) is 19.8 Å². The first-order valence-electron chi connectivity index (χ1n) is 4.81. The fourth-order valence-corrected chi connectivity index (χ4v) is 1.75. The number of rotatable bonds is 2. The van der Waals surface area contributed by atoms with E-state index in [-0.39, 0.29) is 30.3 Å². The normalized spacial score (nSPS) is 21.0. The number of likely N-dealkylation sites (tertiary alicyclic amines) is 1. The lowest BCUT2D eigenvalue weighted by atomic mass is 10.2. The van der Waals surface area contributed by atoms with Crippen molar-refractivity contribution in [1.82, 2.24) is 10.2 Å². The van der Waals surface area contributed by atoms with Crippen LogP contribution in [0.15, 0.2) is 0 Å². The standard InChI is InChI=1S/C9H15ClN2O2/c1-7-3-2-6-12(7)9(14)11-8(13)4-5-10/h7H,2-6H2,1H3,(H,11,13,14). The summed E-state index contributed by atoms with van der Waals surface area (Å²) in [5.41, 5.74) is 0. The third kappa shape index (κ3) is 2.87. The molecule has 1 atom stereocenters. The summed E-state index contributed by atoms with van der Waals surface area (Å²) in [6, 6.07) is -0.0519. The molecule has 1 aliphatic heterocycles. The predicted octanol–water partition coefficient (Wildman–Crippen LogP) is 1.34. The quantitative estimate of drug-likeness (QED) is 0.711. The molecule has 1 heterocycles. The second kappa shape index (κ2) is 5.20. The molecule has 1 saturated heterocycles. The van der Waals surface area contributed by atoms with Crippen LogP contribution in [0.4, 0.5) is 4.79 Å². The van der Waals surface area contributed by atoms with Gasteiger partial charge in [0.1, 0.15) is 0 Å². The van der Waals surface area contributed by atoms with Crippen molar-refractivity contribution in [3.05, 3.63) is 0 Å². The number of nitrogens with zero attached hydrogens (tertiary/aromatic N) is 1. The Kier molecular flexibility index (Phi) is 4.20. The van der Waals surface area contributed by atoms with Crippen LogP contribution in [0, 0.1) is 0 Å². The van der Waals surface area contributed by atoms with Crippen LogP contribution in [0.25, 0.3) is 0 Å². The first-order chi connectivity index (χ1) is 6.65. The molecule has 14 heavy (non-hydrogen) atoms. The van der Waals surface area contributed by atoms with Gasteiger partial charge in [0, 0.05) is 24.9 Å². The van der Waals surface area contributed by atoms with E-state index in [1.165, 1.54) is 0 Å². The molecule has 0 radical (unpaired) electrons. The number of hydrogen-bond acceptors (Lipinski definition) is 2. The van der Waals surface area contributed by atoms with E-state index in [9.17, 15) is 9.59 Å². The molecular weight excluding hydrogens is 204 g/mol. The van der Waals surface area contributed by atoms with Gasteiger partial charge < -0.3 is 4.90 Å². The Morgan fingerprint density at radius 3 is 2.79 bits per heavy atom. The van der Waals surface area contributed by atoms with Gasteiger partial charge in [-0.25, -0.2) is 4.79 Å². The fourth-order valence-electron chi connectivity index (χ4n) is 1.57. The smallest absolute Gasteiger partial charge is 0.322 e. The van der Waals surface area contributed by atoms with Crippen LogP contribution in [0.2, 0.25) is 0 Å². The van der Waals surface area contributed by atoms with Crippen molar-refractivity contribution in [2.45, 2.75) is 32.2 Å². The summed E-state index contributed by atoms with van der Waals surface area (Å²) in [7, 11) is 0. The monoisotopic (exact) mass is 218 g/mol. The van der Waals surface area contributed by atoms with Crippen LogP contribution < -0.4 is 5.32 Å².